The van der Waals surface area contributed by atoms with Crippen LogP contribution in [-0.4, -0.2) is 24.0 Å². The molecule has 2 saturated heterocycles. The van der Waals surface area contributed by atoms with Crippen LogP contribution < -0.4 is 0 Å². The van der Waals surface area contributed by atoms with Gasteiger partial charge in [0.05, 0.1) is 0 Å². The van der Waals surface area contributed by atoms with E-state index in [1.807, 2.05) is 0 Å². The second kappa shape index (κ2) is 4.21. The number of rotatable bonds is 1. The lowest BCUT2D eigenvalue weighted by atomic mass is 9.82. The molecule has 2 aliphatic rings. The van der Waals surface area contributed by atoms with Crippen molar-refractivity contribution >= 4 is 0 Å². The summed E-state index contributed by atoms with van der Waals surface area (Å²) in [5, 5.41) is 0. The van der Waals surface area contributed by atoms with Gasteiger partial charge in [-0.2, -0.15) is 0 Å². The van der Waals surface area contributed by atoms with E-state index in [4.69, 9.17) is 0 Å². The first-order valence-electron chi connectivity index (χ1n) is 6.65. The van der Waals surface area contributed by atoms with Crippen LogP contribution in [0.5, 0.6) is 0 Å². The fourth-order valence-corrected chi connectivity index (χ4v) is 3.74. The smallest absolute Gasteiger partial charge is 0.0167 e. The number of hydrogen-bond acceptors (Lipinski definition) is 1. The predicted molar refractivity (Wildman–Crippen MR) is 67.6 cm³/mol. The van der Waals surface area contributed by atoms with E-state index in [-0.39, 0.29) is 0 Å². The van der Waals surface area contributed by atoms with Gasteiger partial charge in [-0.15, -0.1) is 0 Å². The van der Waals surface area contributed by atoms with Crippen LogP contribution in [0.4, 0.5) is 0 Å². The Morgan fingerprint density at radius 3 is 2.75 bits per heavy atom. The molecule has 0 amide bonds. The average Bonchev–Trinajstić information content (AvgIpc) is 2.66. The summed E-state index contributed by atoms with van der Waals surface area (Å²) in [5.74, 6) is 1.60. The molecule has 1 aromatic rings. The van der Waals surface area contributed by atoms with Gasteiger partial charge < -0.3 is 0 Å². The Kier molecular flexibility index (Phi) is 2.72. The molecule has 1 nitrogen and oxygen atoms in total. The van der Waals surface area contributed by atoms with Crippen molar-refractivity contribution in [2.45, 2.75) is 38.1 Å². The first-order valence-corrected chi connectivity index (χ1v) is 6.65. The normalized spacial score (nSPS) is 34.9. The van der Waals surface area contributed by atoms with Crippen molar-refractivity contribution in [3.8, 4) is 0 Å². The van der Waals surface area contributed by atoms with Gasteiger partial charge in [0.25, 0.3) is 0 Å². The lowest BCUT2D eigenvalue weighted by molar-refractivity contribution is 0.188. The van der Waals surface area contributed by atoms with Crippen molar-refractivity contribution in [1.82, 2.24) is 4.90 Å². The third kappa shape index (κ3) is 1.67. The average molecular weight is 215 g/mol. The quantitative estimate of drug-likeness (QED) is 0.695. The molecule has 3 rings (SSSR count). The zero-order chi connectivity index (χ0) is 11.0. The van der Waals surface area contributed by atoms with Crippen LogP contribution in [0.1, 0.15) is 37.7 Å². The molecular formula is C15H21N. The van der Waals surface area contributed by atoms with Crippen LogP contribution in [0.2, 0.25) is 0 Å². The van der Waals surface area contributed by atoms with Gasteiger partial charge in [0.1, 0.15) is 0 Å². The van der Waals surface area contributed by atoms with E-state index >= 15 is 0 Å². The maximum absolute atomic E-state index is 2.73. The van der Waals surface area contributed by atoms with E-state index in [1.165, 1.54) is 32.4 Å². The molecule has 3 atom stereocenters. The highest BCUT2D eigenvalue weighted by Crippen LogP contribution is 2.41. The minimum atomic E-state index is 0.779. The van der Waals surface area contributed by atoms with Crippen molar-refractivity contribution in [1.29, 1.82) is 0 Å². The summed E-state index contributed by atoms with van der Waals surface area (Å²) in [5.41, 5.74) is 1.56. The third-order valence-corrected chi connectivity index (χ3v) is 4.40. The van der Waals surface area contributed by atoms with E-state index in [0.29, 0.717) is 0 Å². The highest BCUT2D eigenvalue weighted by atomic mass is 15.2. The van der Waals surface area contributed by atoms with Crippen molar-refractivity contribution in [2.75, 3.05) is 13.1 Å². The van der Waals surface area contributed by atoms with Crippen molar-refractivity contribution < 1.29 is 0 Å². The van der Waals surface area contributed by atoms with E-state index in [9.17, 15) is 0 Å². The molecule has 16 heavy (non-hydrogen) atoms. The van der Waals surface area contributed by atoms with E-state index in [0.717, 1.165) is 17.9 Å². The zero-order valence-corrected chi connectivity index (χ0v) is 10.1. The van der Waals surface area contributed by atoms with E-state index in [2.05, 4.69) is 42.2 Å². The molecule has 0 bridgehead atoms. The molecule has 0 radical (unpaired) electrons. The highest BCUT2D eigenvalue weighted by Gasteiger charge is 2.40. The topological polar surface area (TPSA) is 3.24 Å². The first kappa shape index (κ1) is 10.3. The SMILES string of the molecule is C[C@H]1CN2CCCC[C@@H]2[C@H]1c1ccccc1. The van der Waals surface area contributed by atoms with Crippen molar-refractivity contribution in [3.05, 3.63) is 35.9 Å². The number of benzene rings is 1. The molecule has 2 heterocycles. The Labute approximate surface area is 98.5 Å². The van der Waals surface area contributed by atoms with Crippen LogP contribution in [0.15, 0.2) is 30.3 Å². The Morgan fingerprint density at radius 2 is 1.94 bits per heavy atom. The summed E-state index contributed by atoms with van der Waals surface area (Å²) in [6.07, 6.45) is 4.24. The molecule has 2 fully saturated rings. The molecule has 0 aromatic heterocycles. The van der Waals surface area contributed by atoms with Gasteiger partial charge in [-0.3, -0.25) is 4.90 Å². The van der Waals surface area contributed by atoms with Crippen LogP contribution in [0.3, 0.4) is 0 Å². The van der Waals surface area contributed by atoms with Crippen LogP contribution in [0, 0.1) is 5.92 Å². The Balaban J connectivity index is 1.88. The second-order valence-corrected chi connectivity index (χ2v) is 5.47. The van der Waals surface area contributed by atoms with Gasteiger partial charge in [0.15, 0.2) is 0 Å². The molecule has 1 aromatic carbocycles. The minimum absolute atomic E-state index is 0.779. The number of hydrogen-bond donors (Lipinski definition) is 0. The molecule has 86 valence electrons. The minimum Gasteiger partial charge on any atom is -0.299 e. The maximum Gasteiger partial charge on any atom is 0.0167 e. The Bertz CT molecular complexity index is 346. The first-order chi connectivity index (χ1) is 7.86. The van der Waals surface area contributed by atoms with Crippen molar-refractivity contribution in [3.63, 3.8) is 0 Å². The summed E-state index contributed by atoms with van der Waals surface area (Å²) in [7, 11) is 0. The third-order valence-electron chi connectivity index (χ3n) is 4.40. The van der Waals surface area contributed by atoms with E-state index in [1.54, 1.807) is 5.56 Å². The number of piperidine rings is 1. The monoisotopic (exact) mass is 215 g/mol. The van der Waals surface area contributed by atoms with Gasteiger partial charge in [0.2, 0.25) is 0 Å². The molecule has 0 spiro atoms. The van der Waals surface area contributed by atoms with Crippen LogP contribution in [-0.2, 0) is 0 Å². The number of fused-ring (bicyclic) bond motifs is 1. The van der Waals surface area contributed by atoms with Gasteiger partial charge >= 0.3 is 0 Å². The molecule has 0 unspecified atom stereocenters. The van der Waals surface area contributed by atoms with Crippen LogP contribution >= 0.6 is 0 Å². The van der Waals surface area contributed by atoms with Gasteiger partial charge in [-0.1, -0.05) is 43.7 Å². The lowest BCUT2D eigenvalue weighted by Gasteiger charge is -2.32. The van der Waals surface area contributed by atoms with E-state index < -0.39 is 0 Å². The van der Waals surface area contributed by atoms with Gasteiger partial charge in [0, 0.05) is 18.5 Å². The number of nitrogens with zero attached hydrogens (tertiary/aromatic N) is 1. The maximum atomic E-state index is 2.73. The Morgan fingerprint density at radius 1 is 1.12 bits per heavy atom. The molecule has 0 saturated carbocycles. The molecule has 1 heteroatoms. The standard InChI is InChI=1S/C15H21N/c1-12-11-16-10-6-5-9-14(16)15(12)13-7-3-2-4-8-13/h2-4,7-8,12,14-15H,5-6,9-11H2,1H3/t12-,14+,15+/m0/s1. The molecule has 0 aliphatic carbocycles. The largest absolute Gasteiger partial charge is 0.299 e. The lowest BCUT2D eigenvalue weighted by Crippen LogP contribution is -2.36. The Hall–Kier alpha value is -0.820. The fourth-order valence-electron chi connectivity index (χ4n) is 3.74. The zero-order valence-electron chi connectivity index (χ0n) is 10.1. The van der Waals surface area contributed by atoms with Crippen molar-refractivity contribution in [2.24, 2.45) is 5.92 Å². The molecule has 2 aliphatic heterocycles. The fraction of sp³-hybridized carbons (Fsp3) is 0.600. The molecule has 0 N–H and O–H groups in total. The van der Waals surface area contributed by atoms with Crippen LogP contribution in [0.25, 0.3) is 0 Å². The summed E-state index contributed by atoms with van der Waals surface area (Å²) in [6, 6.07) is 12.0. The predicted octanol–water partition coefficient (Wildman–Crippen LogP) is 3.27. The summed E-state index contributed by atoms with van der Waals surface area (Å²) in [4.78, 5) is 2.73. The summed E-state index contributed by atoms with van der Waals surface area (Å²) < 4.78 is 0. The van der Waals surface area contributed by atoms with Gasteiger partial charge in [-0.25, -0.2) is 0 Å². The molecular weight excluding hydrogens is 194 g/mol. The highest BCUT2D eigenvalue weighted by molar-refractivity contribution is 5.24. The summed E-state index contributed by atoms with van der Waals surface area (Å²) >= 11 is 0. The van der Waals surface area contributed by atoms with Gasteiger partial charge in [-0.05, 0) is 30.9 Å². The summed E-state index contributed by atoms with van der Waals surface area (Å²) in [6.45, 7) is 5.07. The second-order valence-electron chi connectivity index (χ2n) is 5.47.